The minimum atomic E-state index is -1.14. The Morgan fingerprint density at radius 2 is 1.97 bits per heavy atom. The van der Waals surface area contributed by atoms with Crippen molar-refractivity contribution in [3.05, 3.63) is 35.5 Å². The lowest BCUT2D eigenvalue weighted by Gasteiger charge is -2.20. The van der Waals surface area contributed by atoms with Crippen LogP contribution < -0.4 is 21.7 Å². The second-order valence-corrected chi connectivity index (χ2v) is 7.68. The molecule has 1 aromatic heterocycles. The van der Waals surface area contributed by atoms with Crippen molar-refractivity contribution in [3.8, 4) is 0 Å². The van der Waals surface area contributed by atoms with Gasteiger partial charge in [0.2, 0.25) is 11.8 Å². The highest BCUT2D eigenvalue weighted by Gasteiger charge is 2.31. The average Bonchev–Trinajstić information content (AvgIpc) is 3.41. The number of Topliss-reactive ketones (excluding diaryl/α,β-unsaturated/α-hetero) is 1. The Kier molecular flexibility index (Phi) is 7.89. The molecule has 1 aliphatic heterocycles. The molecule has 182 valence electrons. The van der Waals surface area contributed by atoms with Crippen LogP contribution in [0.15, 0.2) is 18.2 Å². The number of aromatic amines is 1. The van der Waals surface area contributed by atoms with Gasteiger partial charge in [0.25, 0.3) is 5.91 Å². The first-order valence-corrected chi connectivity index (χ1v) is 10.4. The quantitative estimate of drug-likeness (QED) is 0.279. The number of ether oxygens (including phenoxy) is 1. The third kappa shape index (κ3) is 6.13. The molecule has 11 nitrogen and oxygen atoms in total. The number of carbonyl (C=O) groups excluding carboxylic acids is 5. The highest BCUT2D eigenvalue weighted by molar-refractivity contribution is 6.00. The van der Waals surface area contributed by atoms with E-state index in [-0.39, 0.29) is 28.9 Å². The molecule has 1 saturated heterocycles. The van der Waals surface area contributed by atoms with Crippen LogP contribution in [0.4, 0.5) is 8.78 Å². The summed E-state index contributed by atoms with van der Waals surface area (Å²) in [5.41, 5.74) is 4.96. The third-order valence-electron chi connectivity index (χ3n) is 5.25. The molecule has 2 aromatic rings. The predicted octanol–water partition coefficient (Wildman–Crippen LogP) is -0.742. The van der Waals surface area contributed by atoms with Gasteiger partial charge < -0.3 is 31.4 Å². The van der Waals surface area contributed by atoms with Gasteiger partial charge in [0.1, 0.15) is 17.3 Å². The number of aromatic nitrogens is 1. The van der Waals surface area contributed by atoms with Crippen molar-refractivity contribution in [2.75, 3.05) is 26.2 Å². The van der Waals surface area contributed by atoms with Gasteiger partial charge in [-0.25, -0.2) is 8.78 Å². The van der Waals surface area contributed by atoms with E-state index in [1.807, 2.05) is 0 Å². The second-order valence-electron chi connectivity index (χ2n) is 7.68. The molecule has 1 fully saturated rings. The Morgan fingerprint density at radius 3 is 2.65 bits per heavy atom. The molecular weight excluding hydrogens is 456 g/mol. The van der Waals surface area contributed by atoms with Crippen molar-refractivity contribution in [3.63, 3.8) is 0 Å². The van der Waals surface area contributed by atoms with Gasteiger partial charge in [0.05, 0.1) is 24.6 Å². The highest BCUT2D eigenvalue weighted by atomic mass is 19.1. The van der Waals surface area contributed by atoms with Crippen molar-refractivity contribution < 1.29 is 37.5 Å². The second kappa shape index (κ2) is 10.8. The van der Waals surface area contributed by atoms with E-state index in [0.29, 0.717) is 19.0 Å². The van der Waals surface area contributed by atoms with Crippen LogP contribution in [0.25, 0.3) is 10.9 Å². The summed E-state index contributed by atoms with van der Waals surface area (Å²) in [6.07, 6.45) is 0.451. The van der Waals surface area contributed by atoms with Gasteiger partial charge in [-0.1, -0.05) is 0 Å². The molecule has 3 amide bonds. The van der Waals surface area contributed by atoms with Gasteiger partial charge in [-0.3, -0.25) is 24.0 Å². The van der Waals surface area contributed by atoms with Crippen LogP contribution >= 0.6 is 0 Å². The minimum Gasteiger partial charge on any atom is -0.457 e. The fourth-order valence-electron chi connectivity index (χ4n) is 3.53. The Bertz CT molecular complexity index is 1130. The molecule has 1 aliphatic rings. The monoisotopic (exact) mass is 479 g/mol. The smallest absolute Gasteiger partial charge is 0.320 e. The molecule has 0 spiro atoms. The van der Waals surface area contributed by atoms with Crippen LogP contribution in [0.5, 0.6) is 0 Å². The maximum absolute atomic E-state index is 13.8. The molecule has 13 heteroatoms. The first-order valence-electron chi connectivity index (χ1n) is 10.4. The molecule has 0 saturated carbocycles. The molecule has 0 radical (unpaired) electrons. The summed E-state index contributed by atoms with van der Waals surface area (Å²) < 4.78 is 31.9. The van der Waals surface area contributed by atoms with E-state index in [0.717, 1.165) is 6.07 Å². The number of nitrogens with two attached hydrogens (primary N) is 1. The molecule has 6 N–H and O–H groups in total. The Morgan fingerprint density at radius 1 is 1.21 bits per heavy atom. The van der Waals surface area contributed by atoms with Crippen molar-refractivity contribution in [1.29, 1.82) is 0 Å². The number of carbonyl (C=O) groups is 5. The largest absolute Gasteiger partial charge is 0.457 e. The molecule has 1 aromatic carbocycles. The number of esters is 1. The van der Waals surface area contributed by atoms with Crippen LogP contribution in [0, 0.1) is 17.6 Å². The third-order valence-corrected chi connectivity index (χ3v) is 5.25. The maximum Gasteiger partial charge on any atom is 0.320 e. The van der Waals surface area contributed by atoms with Crippen molar-refractivity contribution in [1.82, 2.24) is 20.9 Å². The van der Waals surface area contributed by atoms with Gasteiger partial charge >= 0.3 is 5.97 Å². The number of amides is 3. The Balaban J connectivity index is 1.60. The van der Waals surface area contributed by atoms with E-state index in [1.54, 1.807) is 0 Å². The number of hydrogen-bond donors (Lipinski definition) is 5. The summed E-state index contributed by atoms with van der Waals surface area (Å²) in [5, 5.41) is 7.51. The number of hydrogen-bond acceptors (Lipinski definition) is 7. The average molecular weight is 479 g/mol. The zero-order valence-electron chi connectivity index (χ0n) is 17.9. The minimum absolute atomic E-state index is 0.0165. The Hall–Kier alpha value is -3.87. The van der Waals surface area contributed by atoms with E-state index in [1.165, 1.54) is 6.07 Å². The van der Waals surface area contributed by atoms with Crippen LogP contribution in [0.1, 0.15) is 23.3 Å². The van der Waals surface area contributed by atoms with Gasteiger partial charge in [-0.15, -0.1) is 0 Å². The summed E-state index contributed by atoms with van der Waals surface area (Å²) in [6.45, 7) is -1.18. The first-order chi connectivity index (χ1) is 16.2. The van der Waals surface area contributed by atoms with E-state index in [9.17, 15) is 32.8 Å². The van der Waals surface area contributed by atoms with Crippen molar-refractivity contribution >= 4 is 40.4 Å². The number of benzene rings is 1. The molecule has 34 heavy (non-hydrogen) atoms. The molecular formula is C21H23F2N5O6. The SMILES string of the molecule is NCC(=O)OCC(=O)C(C[C@@H]1CCNC1=O)NC(=O)CNC(=O)c1cc2cc(F)cc(F)c2[nH]1. The van der Waals surface area contributed by atoms with Crippen LogP contribution in [-0.4, -0.2) is 66.7 Å². The van der Waals surface area contributed by atoms with Crippen LogP contribution in [0.3, 0.4) is 0 Å². The summed E-state index contributed by atoms with van der Waals surface area (Å²) in [4.78, 5) is 62.8. The van der Waals surface area contributed by atoms with E-state index in [4.69, 9.17) is 10.5 Å². The number of H-pyrrole nitrogens is 1. The summed E-state index contributed by atoms with van der Waals surface area (Å²) in [6, 6.07) is 1.80. The number of rotatable bonds is 10. The lowest BCUT2D eigenvalue weighted by molar-refractivity contribution is -0.147. The number of halogens is 2. The molecule has 1 unspecified atom stereocenters. The van der Waals surface area contributed by atoms with Gasteiger partial charge in [-0.05, 0) is 25.0 Å². The zero-order chi connectivity index (χ0) is 24.8. The standard InChI is InChI=1S/C21H23F2N5O6/c22-12-3-11-5-15(28-19(11)13(23)6-12)21(33)26-8-17(30)27-14(4-10-1-2-25-20(10)32)16(29)9-34-18(31)7-24/h3,5-6,10,14,28H,1-2,4,7-9,24H2,(H,25,32)(H,26,33)(H,27,30)/t10-,14?/m0/s1. The number of ketones is 1. The number of fused-ring (bicyclic) bond motifs is 1. The topological polar surface area (TPSA) is 172 Å². The molecule has 3 rings (SSSR count). The lowest BCUT2D eigenvalue weighted by atomic mass is 9.96. The Labute approximate surface area is 191 Å². The predicted molar refractivity (Wildman–Crippen MR) is 113 cm³/mol. The normalized spacial score (nSPS) is 16.1. The highest BCUT2D eigenvalue weighted by Crippen LogP contribution is 2.20. The summed E-state index contributed by atoms with van der Waals surface area (Å²) in [7, 11) is 0. The number of nitrogens with one attached hydrogen (secondary N) is 4. The first kappa shape index (κ1) is 24.8. The van der Waals surface area contributed by atoms with Crippen molar-refractivity contribution in [2.45, 2.75) is 18.9 Å². The molecule has 0 bridgehead atoms. The van der Waals surface area contributed by atoms with Crippen LogP contribution in [0.2, 0.25) is 0 Å². The lowest BCUT2D eigenvalue weighted by Crippen LogP contribution is -2.48. The van der Waals surface area contributed by atoms with E-state index < -0.39 is 66.9 Å². The van der Waals surface area contributed by atoms with Crippen LogP contribution in [-0.2, 0) is 23.9 Å². The molecule has 0 aliphatic carbocycles. The zero-order valence-corrected chi connectivity index (χ0v) is 17.9. The van der Waals surface area contributed by atoms with E-state index in [2.05, 4.69) is 20.9 Å². The fraction of sp³-hybridized carbons (Fsp3) is 0.381. The maximum atomic E-state index is 13.8. The van der Waals surface area contributed by atoms with Gasteiger partial charge in [0.15, 0.2) is 12.4 Å². The fourth-order valence-corrected chi connectivity index (χ4v) is 3.53. The van der Waals surface area contributed by atoms with Gasteiger partial charge in [-0.2, -0.15) is 0 Å². The van der Waals surface area contributed by atoms with E-state index >= 15 is 0 Å². The van der Waals surface area contributed by atoms with Gasteiger partial charge in [0, 0.05) is 23.9 Å². The summed E-state index contributed by atoms with van der Waals surface area (Å²) in [5.74, 6) is -5.42. The molecule has 2 heterocycles. The summed E-state index contributed by atoms with van der Waals surface area (Å²) >= 11 is 0. The van der Waals surface area contributed by atoms with Crippen molar-refractivity contribution in [2.24, 2.45) is 11.7 Å². The molecule has 2 atom stereocenters.